The average molecular weight is 459 g/mol. The summed E-state index contributed by atoms with van der Waals surface area (Å²) in [5, 5.41) is 6.01. The minimum atomic E-state index is 0.882. The number of hydrogen-bond donors (Lipinski definition) is 0. The second-order valence-corrected chi connectivity index (χ2v) is 9.06. The highest BCUT2D eigenvalue weighted by molar-refractivity contribution is 6.10. The normalized spacial score (nSPS) is 11.3. The predicted octanol–water partition coefficient (Wildman–Crippen LogP) is 8.94. The van der Waals surface area contributed by atoms with E-state index in [2.05, 4.69) is 121 Å². The maximum absolute atomic E-state index is 5.03. The zero-order valence-corrected chi connectivity index (χ0v) is 19.6. The van der Waals surface area contributed by atoms with Crippen LogP contribution in [0.4, 0.5) is 0 Å². The molecular formula is C34H22N2. The van der Waals surface area contributed by atoms with Crippen molar-refractivity contribution in [2.45, 2.75) is 0 Å². The van der Waals surface area contributed by atoms with E-state index in [0.29, 0.717) is 0 Å². The fraction of sp³-hybridized carbons (Fsp3) is 0. The maximum atomic E-state index is 5.03. The lowest BCUT2D eigenvalue weighted by atomic mass is 9.96. The van der Waals surface area contributed by atoms with E-state index in [9.17, 15) is 0 Å². The fourth-order valence-electron chi connectivity index (χ4n) is 5.16. The highest BCUT2D eigenvalue weighted by atomic mass is 14.8. The molecule has 7 aromatic rings. The topological polar surface area (TPSA) is 25.8 Å². The molecule has 0 spiro atoms. The molecule has 0 unspecified atom stereocenters. The van der Waals surface area contributed by atoms with Gasteiger partial charge in [0.1, 0.15) is 0 Å². The average Bonchev–Trinajstić information content (AvgIpc) is 2.96. The number of aromatic nitrogens is 2. The Morgan fingerprint density at radius 3 is 1.97 bits per heavy atom. The molecule has 0 aliphatic heterocycles. The van der Waals surface area contributed by atoms with Crippen LogP contribution in [0.5, 0.6) is 0 Å². The summed E-state index contributed by atoms with van der Waals surface area (Å²) in [4.78, 5) is 9.76. The van der Waals surface area contributed by atoms with Crippen LogP contribution in [0.15, 0.2) is 134 Å². The Morgan fingerprint density at radius 1 is 0.444 bits per heavy atom. The molecule has 2 nitrogen and oxygen atoms in total. The Morgan fingerprint density at radius 2 is 1.11 bits per heavy atom. The lowest BCUT2D eigenvalue weighted by molar-refractivity contribution is 1.29. The van der Waals surface area contributed by atoms with Gasteiger partial charge in [-0.15, -0.1) is 0 Å². The molecule has 168 valence electrons. The third kappa shape index (κ3) is 3.43. The number of pyridine rings is 2. The lowest BCUT2D eigenvalue weighted by Gasteiger charge is -2.11. The molecular weight excluding hydrogens is 436 g/mol. The molecule has 2 heteroatoms. The molecule has 0 N–H and O–H groups in total. The maximum Gasteiger partial charge on any atom is 0.0972 e. The number of rotatable bonds is 3. The SMILES string of the molecule is c1ccc2c(-c3ccc(-c4ccnc(-c5nc6ccccc6c6ccccc56)c4)cc3)cccc2c1. The first-order chi connectivity index (χ1) is 17.8. The van der Waals surface area contributed by atoms with Gasteiger partial charge in [-0.25, -0.2) is 4.98 Å². The van der Waals surface area contributed by atoms with Gasteiger partial charge in [0.25, 0.3) is 0 Å². The van der Waals surface area contributed by atoms with Gasteiger partial charge >= 0.3 is 0 Å². The Balaban J connectivity index is 1.32. The first-order valence-corrected chi connectivity index (χ1v) is 12.2. The summed E-state index contributed by atoms with van der Waals surface area (Å²) in [5.41, 5.74) is 7.54. The van der Waals surface area contributed by atoms with Crippen LogP contribution in [-0.4, -0.2) is 9.97 Å². The summed E-state index contributed by atoms with van der Waals surface area (Å²) in [7, 11) is 0. The molecule has 5 aromatic carbocycles. The smallest absolute Gasteiger partial charge is 0.0972 e. The summed E-state index contributed by atoms with van der Waals surface area (Å²) >= 11 is 0. The molecule has 2 heterocycles. The highest BCUT2D eigenvalue weighted by Gasteiger charge is 2.12. The lowest BCUT2D eigenvalue weighted by Crippen LogP contribution is -1.92. The molecule has 0 amide bonds. The van der Waals surface area contributed by atoms with Crippen molar-refractivity contribution in [2.24, 2.45) is 0 Å². The standard InChI is InChI=1S/C34H22N2/c1-2-10-27-24(8-1)9-7-14-28(27)25-18-16-23(17-19-25)26-20-21-35-33(22-26)34-31-13-4-3-11-29(31)30-12-5-6-15-32(30)36-34/h1-22H. The van der Waals surface area contributed by atoms with Gasteiger partial charge in [0.05, 0.1) is 16.9 Å². The molecule has 0 fully saturated rings. The number of benzene rings is 5. The monoisotopic (exact) mass is 458 g/mol. The van der Waals surface area contributed by atoms with E-state index < -0.39 is 0 Å². The third-order valence-corrected chi connectivity index (χ3v) is 6.93. The molecule has 2 aromatic heterocycles. The van der Waals surface area contributed by atoms with Crippen molar-refractivity contribution >= 4 is 32.4 Å². The Hall–Kier alpha value is -4.82. The van der Waals surface area contributed by atoms with Gasteiger partial charge in [-0.1, -0.05) is 109 Å². The van der Waals surface area contributed by atoms with E-state index in [4.69, 9.17) is 9.97 Å². The number of para-hydroxylation sites is 1. The highest BCUT2D eigenvalue weighted by Crippen LogP contribution is 2.34. The van der Waals surface area contributed by atoms with Gasteiger partial charge < -0.3 is 0 Å². The quantitative estimate of drug-likeness (QED) is 0.247. The Labute approximate surface area is 209 Å². The molecule has 0 aliphatic carbocycles. The van der Waals surface area contributed by atoms with Crippen LogP contribution in [-0.2, 0) is 0 Å². The number of fused-ring (bicyclic) bond motifs is 4. The van der Waals surface area contributed by atoms with Crippen molar-refractivity contribution in [1.82, 2.24) is 9.97 Å². The second-order valence-electron chi connectivity index (χ2n) is 9.06. The molecule has 0 aliphatic rings. The van der Waals surface area contributed by atoms with Gasteiger partial charge in [0.15, 0.2) is 0 Å². The van der Waals surface area contributed by atoms with Gasteiger partial charge in [-0.05, 0) is 56.6 Å². The van der Waals surface area contributed by atoms with Crippen molar-refractivity contribution in [2.75, 3.05) is 0 Å². The minimum absolute atomic E-state index is 0.882. The van der Waals surface area contributed by atoms with Crippen molar-refractivity contribution in [3.63, 3.8) is 0 Å². The first kappa shape index (κ1) is 20.5. The Bertz CT molecular complexity index is 1880. The van der Waals surface area contributed by atoms with Gasteiger partial charge in [0.2, 0.25) is 0 Å². The van der Waals surface area contributed by atoms with E-state index in [1.54, 1.807) is 0 Å². The zero-order chi connectivity index (χ0) is 23.9. The number of nitrogens with zero attached hydrogens (tertiary/aromatic N) is 2. The van der Waals surface area contributed by atoms with E-state index in [1.165, 1.54) is 27.3 Å². The van der Waals surface area contributed by atoms with Crippen LogP contribution < -0.4 is 0 Å². The first-order valence-electron chi connectivity index (χ1n) is 12.2. The summed E-state index contributed by atoms with van der Waals surface area (Å²) in [6.07, 6.45) is 1.88. The van der Waals surface area contributed by atoms with E-state index in [-0.39, 0.29) is 0 Å². The summed E-state index contributed by atoms with van der Waals surface area (Å²) in [6, 6.07) is 44.8. The summed E-state index contributed by atoms with van der Waals surface area (Å²) < 4.78 is 0. The van der Waals surface area contributed by atoms with Crippen LogP contribution in [0.25, 0.3) is 66.1 Å². The zero-order valence-electron chi connectivity index (χ0n) is 19.6. The van der Waals surface area contributed by atoms with E-state index in [0.717, 1.165) is 38.8 Å². The van der Waals surface area contributed by atoms with E-state index >= 15 is 0 Å². The largest absolute Gasteiger partial charge is 0.255 e. The summed E-state index contributed by atoms with van der Waals surface area (Å²) in [5.74, 6) is 0. The van der Waals surface area contributed by atoms with E-state index in [1.807, 2.05) is 12.3 Å². The predicted molar refractivity (Wildman–Crippen MR) is 151 cm³/mol. The van der Waals surface area contributed by atoms with Crippen LogP contribution >= 0.6 is 0 Å². The minimum Gasteiger partial charge on any atom is -0.255 e. The second kappa shape index (κ2) is 8.44. The molecule has 36 heavy (non-hydrogen) atoms. The molecule has 0 saturated heterocycles. The van der Waals surface area contributed by atoms with Crippen molar-refractivity contribution in [3.05, 3.63) is 134 Å². The van der Waals surface area contributed by atoms with Crippen molar-refractivity contribution < 1.29 is 0 Å². The van der Waals surface area contributed by atoms with Gasteiger partial charge in [-0.3, -0.25) is 4.98 Å². The molecule has 7 rings (SSSR count). The molecule has 0 radical (unpaired) electrons. The molecule has 0 atom stereocenters. The van der Waals surface area contributed by atoms with Gasteiger partial charge in [0, 0.05) is 17.0 Å². The van der Waals surface area contributed by atoms with Crippen molar-refractivity contribution in [3.8, 4) is 33.6 Å². The summed E-state index contributed by atoms with van der Waals surface area (Å²) in [6.45, 7) is 0. The van der Waals surface area contributed by atoms with Crippen LogP contribution in [0.3, 0.4) is 0 Å². The molecule has 0 saturated carbocycles. The van der Waals surface area contributed by atoms with Crippen LogP contribution in [0.2, 0.25) is 0 Å². The number of hydrogen-bond acceptors (Lipinski definition) is 2. The van der Waals surface area contributed by atoms with Crippen LogP contribution in [0, 0.1) is 0 Å². The van der Waals surface area contributed by atoms with Crippen molar-refractivity contribution in [1.29, 1.82) is 0 Å². The van der Waals surface area contributed by atoms with Gasteiger partial charge in [-0.2, -0.15) is 0 Å². The third-order valence-electron chi connectivity index (χ3n) is 6.93. The molecule has 0 bridgehead atoms. The Kier molecular flexibility index (Phi) is 4.82. The van der Waals surface area contributed by atoms with Crippen LogP contribution in [0.1, 0.15) is 0 Å². The fourth-order valence-corrected chi connectivity index (χ4v) is 5.16.